The number of piperidine rings is 1. The molecule has 1 aromatic carbocycles. The molecular formula is C19H22N2OS. The fourth-order valence-electron chi connectivity index (χ4n) is 3.71. The van der Waals surface area contributed by atoms with Gasteiger partial charge in [0.2, 0.25) is 5.91 Å². The zero-order chi connectivity index (χ0) is 15.8. The van der Waals surface area contributed by atoms with Crippen molar-refractivity contribution in [3.8, 4) is 0 Å². The van der Waals surface area contributed by atoms with Crippen LogP contribution in [0.15, 0.2) is 35.7 Å². The van der Waals surface area contributed by atoms with Crippen LogP contribution in [0.5, 0.6) is 0 Å². The molecule has 0 unspecified atom stereocenters. The number of carbonyl (C=O) groups excluding carboxylic acids is 1. The third-order valence-corrected chi connectivity index (χ3v) is 6.18. The lowest BCUT2D eigenvalue weighted by Crippen LogP contribution is -2.40. The number of hydrogen-bond acceptors (Lipinski definition) is 3. The van der Waals surface area contributed by atoms with E-state index in [9.17, 15) is 4.79 Å². The fraction of sp³-hybridized carbons (Fsp3) is 0.474. The van der Waals surface area contributed by atoms with Crippen molar-refractivity contribution < 1.29 is 4.79 Å². The Balaban J connectivity index is 1.41. The van der Waals surface area contributed by atoms with Gasteiger partial charge in [0.05, 0.1) is 5.01 Å². The highest BCUT2D eigenvalue weighted by Crippen LogP contribution is 2.48. The van der Waals surface area contributed by atoms with E-state index in [1.54, 1.807) is 11.3 Å². The van der Waals surface area contributed by atoms with Crippen molar-refractivity contribution in [1.29, 1.82) is 0 Å². The molecule has 2 fully saturated rings. The lowest BCUT2D eigenvalue weighted by atomic mass is 9.98. The van der Waals surface area contributed by atoms with Crippen molar-refractivity contribution >= 4 is 17.2 Å². The normalized spacial score (nSPS) is 27.0. The van der Waals surface area contributed by atoms with Crippen molar-refractivity contribution in [2.24, 2.45) is 5.92 Å². The van der Waals surface area contributed by atoms with Crippen LogP contribution in [0, 0.1) is 12.8 Å². The largest absolute Gasteiger partial charge is 0.342 e. The molecular weight excluding hydrogens is 304 g/mol. The van der Waals surface area contributed by atoms with Crippen molar-refractivity contribution in [2.45, 2.75) is 38.0 Å². The molecule has 1 saturated carbocycles. The maximum absolute atomic E-state index is 12.8. The van der Waals surface area contributed by atoms with E-state index in [-0.39, 0.29) is 5.92 Å². The van der Waals surface area contributed by atoms with Crippen LogP contribution in [0.3, 0.4) is 0 Å². The van der Waals surface area contributed by atoms with Gasteiger partial charge >= 0.3 is 0 Å². The summed E-state index contributed by atoms with van der Waals surface area (Å²) in [6.45, 7) is 3.81. The zero-order valence-electron chi connectivity index (χ0n) is 13.4. The number of hydrogen-bond donors (Lipinski definition) is 0. The Kier molecular flexibility index (Phi) is 3.93. The van der Waals surface area contributed by atoms with Crippen molar-refractivity contribution in [3.05, 3.63) is 52.0 Å². The SMILES string of the molecule is Cc1csc([C@@H]2CCCN(C(=O)[C@@H]3C[C@H]3c3ccccc3)C2)n1. The summed E-state index contributed by atoms with van der Waals surface area (Å²) in [6, 6.07) is 10.5. The van der Waals surface area contributed by atoms with Crippen molar-refractivity contribution in [2.75, 3.05) is 13.1 Å². The number of likely N-dealkylation sites (tertiary alicyclic amines) is 1. The Bertz CT molecular complexity index is 696. The van der Waals surface area contributed by atoms with Gasteiger partial charge in [-0.1, -0.05) is 30.3 Å². The Morgan fingerprint density at radius 3 is 2.87 bits per heavy atom. The van der Waals surface area contributed by atoms with E-state index in [2.05, 4.69) is 39.5 Å². The number of nitrogens with zero attached hydrogens (tertiary/aromatic N) is 2. The molecule has 1 aliphatic heterocycles. The third kappa shape index (κ3) is 3.05. The molecule has 23 heavy (non-hydrogen) atoms. The van der Waals surface area contributed by atoms with Crippen LogP contribution in [0.2, 0.25) is 0 Å². The standard InChI is InChI=1S/C19H22N2OS/c1-13-12-23-18(20-13)15-8-5-9-21(11-15)19(22)17-10-16(17)14-6-3-2-4-7-14/h2-4,6-7,12,15-17H,5,8-11H2,1H3/t15-,16+,17-/m1/s1. The van der Waals surface area contributed by atoms with E-state index >= 15 is 0 Å². The maximum atomic E-state index is 12.8. The topological polar surface area (TPSA) is 33.2 Å². The molecule has 2 aliphatic rings. The third-order valence-electron chi connectivity index (χ3n) is 5.05. The van der Waals surface area contributed by atoms with E-state index in [1.165, 1.54) is 10.6 Å². The molecule has 1 aliphatic carbocycles. The summed E-state index contributed by atoms with van der Waals surface area (Å²) in [5.41, 5.74) is 2.41. The van der Waals surface area contributed by atoms with Gasteiger partial charge in [-0.25, -0.2) is 4.98 Å². The van der Waals surface area contributed by atoms with Gasteiger partial charge in [0.1, 0.15) is 0 Å². The van der Waals surface area contributed by atoms with Crippen molar-refractivity contribution in [3.63, 3.8) is 0 Å². The minimum absolute atomic E-state index is 0.203. The first kappa shape index (κ1) is 14.9. The number of aryl methyl sites for hydroxylation is 1. The monoisotopic (exact) mass is 326 g/mol. The molecule has 1 amide bonds. The van der Waals surface area contributed by atoms with Gasteiger partial charge in [0.15, 0.2) is 0 Å². The average molecular weight is 326 g/mol. The van der Waals surface area contributed by atoms with E-state index in [4.69, 9.17) is 0 Å². The lowest BCUT2D eigenvalue weighted by molar-refractivity contribution is -0.133. The first-order valence-corrected chi connectivity index (χ1v) is 9.36. The average Bonchev–Trinajstić information content (AvgIpc) is 3.29. The molecule has 0 N–H and O–H groups in total. The van der Waals surface area contributed by atoms with Gasteiger partial charge in [-0.3, -0.25) is 4.79 Å². The molecule has 2 aromatic rings. The zero-order valence-corrected chi connectivity index (χ0v) is 14.3. The second kappa shape index (κ2) is 6.08. The molecule has 0 spiro atoms. The predicted octanol–water partition coefficient (Wildman–Crippen LogP) is 3.96. The van der Waals surface area contributed by atoms with Crippen LogP contribution in [-0.4, -0.2) is 28.9 Å². The summed E-state index contributed by atoms with van der Waals surface area (Å²) < 4.78 is 0. The van der Waals surface area contributed by atoms with Gasteiger partial charge in [0, 0.05) is 36.0 Å². The maximum Gasteiger partial charge on any atom is 0.226 e. The van der Waals surface area contributed by atoms with Crippen LogP contribution in [0.4, 0.5) is 0 Å². The van der Waals surface area contributed by atoms with Gasteiger partial charge < -0.3 is 4.90 Å². The van der Waals surface area contributed by atoms with E-state index in [1.807, 2.05) is 13.0 Å². The summed E-state index contributed by atoms with van der Waals surface area (Å²) in [7, 11) is 0. The van der Waals surface area contributed by atoms with E-state index in [0.717, 1.165) is 38.0 Å². The van der Waals surface area contributed by atoms with Gasteiger partial charge in [0.25, 0.3) is 0 Å². The van der Waals surface area contributed by atoms with Crippen LogP contribution in [0.1, 0.15) is 47.4 Å². The number of thiazole rings is 1. The highest BCUT2D eigenvalue weighted by molar-refractivity contribution is 7.09. The minimum Gasteiger partial charge on any atom is -0.342 e. The quantitative estimate of drug-likeness (QED) is 0.855. The predicted molar refractivity (Wildman–Crippen MR) is 92.7 cm³/mol. The molecule has 2 heterocycles. The van der Waals surface area contributed by atoms with Crippen LogP contribution >= 0.6 is 11.3 Å². The Morgan fingerprint density at radius 2 is 2.13 bits per heavy atom. The fourth-order valence-corrected chi connectivity index (χ4v) is 4.64. The molecule has 4 rings (SSSR count). The summed E-state index contributed by atoms with van der Waals surface area (Å²) in [4.78, 5) is 19.6. The smallest absolute Gasteiger partial charge is 0.226 e. The van der Waals surface area contributed by atoms with E-state index in [0.29, 0.717) is 17.7 Å². The first-order valence-electron chi connectivity index (χ1n) is 8.48. The molecule has 1 aromatic heterocycles. The molecule has 0 radical (unpaired) electrons. The molecule has 120 valence electrons. The Labute approximate surface area is 141 Å². The first-order chi connectivity index (χ1) is 11.2. The van der Waals surface area contributed by atoms with Gasteiger partial charge in [-0.05, 0) is 37.7 Å². The Hall–Kier alpha value is -1.68. The molecule has 3 atom stereocenters. The summed E-state index contributed by atoms with van der Waals surface area (Å²) >= 11 is 1.74. The number of rotatable bonds is 3. The number of benzene rings is 1. The number of carbonyl (C=O) groups is 1. The highest BCUT2D eigenvalue weighted by atomic mass is 32.1. The second-order valence-electron chi connectivity index (χ2n) is 6.81. The second-order valence-corrected chi connectivity index (χ2v) is 7.70. The highest BCUT2D eigenvalue weighted by Gasteiger charge is 2.46. The molecule has 0 bridgehead atoms. The summed E-state index contributed by atoms with van der Waals surface area (Å²) in [5.74, 6) is 1.43. The molecule has 1 saturated heterocycles. The van der Waals surface area contributed by atoms with Crippen LogP contribution in [0.25, 0.3) is 0 Å². The summed E-state index contributed by atoms with van der Waals surface area (Å²) in [6.07, 6.45) is 3.27. The number of amides is 1. The van der Waals surface area contributed by atoms with E-state index < -0.39 is 0 Å². The minimum atomic E-state index is 0.203. The van der Waals surface area contributed by atoms with Crippen LogP contribution in [-0.2, 0) is 4.79 Å². The molecule has 3 nitrogen and oxygen atoms in total. The van der Waals surface area contributed by atoms with Crippen LogP contribution < -0.4 is 0 Å². The lowest BCUT2D eigenvalue weighted by Gasteiger charge is -2.32. The van der Waals surface area contributed by atoms with Crippen molar-refractivity contribution in [1.82, 2.24) is 9.88 Å². The van der Waals surface area contributed by atoms with Gasteiger partial charge in [-0.2, -0.15) is 0 Å². The van der Waals surface area contributed by atoms with Gasteiger partial charge in [-0.15, -0.1) is 11.3 Å². The summed E-state index contributed by atoms with van der Waals surface area (Å²) in [5, 5.41) is 3.32. The molecule has 4 heteroatoms. The number of aromatic nitrogens is 1. The Morgan fingerprint density at radius 1 is 1.30 bits per heavy atom.